The lowest BCUT2D eigenvalue weighted by molar-refractivity contribution is 0.0511. The van der Waals surface area contributed by atoms with Crippen LogP contribution in [0.2, 0.25) is 25.1 Å². The molecule has 0 unspecified atom stereocenters. The molecule has 0 saturated carbocycles. The molecule has 2 aromatic carbocycles. The van der Waals surface area contributed by atoms with Gasteiger partial charge in [-0.3, -0.25) is 0 Å². The Hall–Kier alpha value is -1.76. The molecule has 3 rings (SSSR count). The first-order chi connectivity index (χ1) is 13.3. The highest BCUT2D eigenvalue weighted by atomic mass is 35.5. The van der Waals surface area contributed by atoms with Gasteiger partial charge in [-0.1, -0.05) is 69.2 Å². The van der Waals surface area contributed by atoms with E-state index in [1.54, 1.807) is 25.1 Å². The van der Waals surface area contributed by atoms with E-state index in [0.29, 0.717) is 32.0 Å². The van der Waals surface area contributed by atoms with Crippen molar-refractivity contribution in [2.45, 2.75) is 6.92 Å². The number of nitrogens with zero attached hydrogens (tertiary/aromatic N) is 3. The molecule has 0 fully saturated rings. The van der Waals surface area contributed by atoms with Crippen LogP contribution in [0.15, 0.2) is 41.6 Å². The molecular weight excluding hydrogens is 467 g/mol. The van der Waals surface area contributed by atoms with Gasteiger partial charge in [0.1, 0.15) is 5.69 Å². The fourth-order valence-electron chi connectivity index (χ4n) is 2.35. The highest BCUT2D eigenvalue weighted by Gasteiger charge is 2.18. The largest absolute Gasteiger partial charge is 0.385 e. The van der Waals surface area contributed by atoms with E-state index in [2.05, 4.69) is 10.3 Å². The zero-order chi connectivity index (χ0) is 20.4. The van der Waals surface area contributed by atoms with Crippen LogP contribution in [0.3, 0.4) is 0 Å². The third-order valence-electron chi connectivity index (χ3n) is 3.61. The van der Waals surface area contributed by atoms with Crippen LogP contribution in [0.25, 0.3) is 5.69 Å². The molecule has 0 amide bonds. The third kappa shape index (κ3) is 4.45. The minimum atomic E-state index is -0.775. The van der Waals surface area contributed by atoms with Crippen LogP contribution < -0.4 is 0 Å². The molecule has 0 spiro atoms. The average molecular weight is 478 g/mol. The summed E-state index contributed by atoms with van der Waals surface area (Å²) in [6.45, 7) is 1.73. The predicted octanol–water partition coefficient (Wildman–Crippen LogP) is 6.64. The van der Waals surface area contributed by atoms with Crippen LogP contribution in [-0.4, -0.2) is 22.0 Å². The van der Waals surface area contributed by atoms with Crippen LogP contribution >= 0.6 is 58.0 Å². The van der Waals surface area contributed by atoms with Crippen molar-refractivity contribution in [3.8, 4) is 5.69 Å². The van der Waals surface area contributed by atoms with E-state index in [0.717, 1.165) is 0 Å². The summed E-state index contributed by atoms with van der Waals surface area (Å²) >= 11 is 30.4. The molecule has 0 saturated heterocycles. The Balaban J connectivity index is 1.83. The minimum absolute atomic E-state index is 0.0157. The molecule has 1 aromatic heterocycles. The Morgan fingerprint density at radius 3 is 2.25 bits per heavy atom. The second kappa shape index (κ2) is 8.72. The molecule has 0 aliphatic rings. The molecule has 0 radical (unpaired) electrons. The van der Waals surface area contributed by atoms with Gasteiger partial charge in [-0.05, 0) is 37.3 Å². The Bertz CT molecular complexity index is 1050. The second-order valence-corrected chi connectivity index (χ2v) is 7.61. The van der Waals surface area contributed by atoms with Crippen molar-refractivity contribution in [3.63, 3.8) is 0 Å². The van der Waals surface area contributed by atoms with Crippen LogP contribution in [0.5, 0.6) is 0 Å². The third-order valence-corrected chi connectivity index (χ3v) is 5.06. The Kier molecular flexibility index (Phi) is 6.53. The van der Waals surface area contributed by atoms with Gasteiger partial charge in [0.05, 0.1) is 26.3 Å². The quantitative estimate of drug-likeness (QED) is 0.240. The molecular formula is C18H10Cl5N3O2. The van der Waals surface area contributed by atoms with Crippen molar-refractivity contribution in [3.05, 3.63) is 78.5 Å². The number of halogens is 5. The number of rotatable bonds is 4. The van der Waals surface area contributed by atoms with Gasteiger partial charge in [0.15, 0.2) is 5.69 Å². The van der Waals surface area contributed by atoms with Gasteiger partial charge >= 0.3 is 5.97 Å². The van der Waals surface area contributed by atoms with Crippen molar-refractivity contribution in [2.24, 2.45) is 5.16 Å². The maximum atomic E-state index is 12.3. The van der Waals surface area contributed by atoms with E-state index < -0.39 is 5.97 Å². The van der Waals surface area contributed by atoms with Crippen LogP contribution in [0.4, 0.5) is 0 Å². The van der Waals surface area contributed by atoms with Crippen molar-refractivity contribution in [1.29, 1.82) is 0 Å². The van der Waals surface area contributed by atoms with Gasteiger partial charge in [-0.2, -0.15) is 5.10 Å². The number of carbonyl (C=O) groups excluding carboxylic acids is 1. The smallest absolute Gasteiger partial charge is 0.311 e. The zero-order valence-electron chi connectivity index (χ0n) is 14.1. The topological polar surface area (TPSA) is 56.5 Å². The van der Waals surface area contributed by atoms with Gasteiger partial charge in [-0.25, -0.2) is 9.48 Å². The van der Waals surface area contributed by atoms with E-state index in [1.807, 2.05) is 0 Å². The fraction of sp³-hybridized carbons (Fsp3) is 0.0556. The summed E-state index contributed by atoms with van der Waals surface area (Å²) < 4.78 is 1.42. The Labute approximate surface area is 185 Å². The highest BCUT2D eigenvalue weighted by Crippen LogP contribution is 2.32. The van der Waals surface area contributed by atoms with E-state index in [1.165, 1.54) is 29.1 Å². The lowest BCUT2D eigenvalue weighted by Crippen LogP contribution is -2.05. The normalized spacial score (nSPS) is 11.2. The molecule has 0 aliphatic heterocycles. The lowest BCUT2D eigenvalue weighted by Gasteiger charge is -2.09. The highest BCUT2D eigenvalue weighted by molar-refractivity contribution is 6.40. The van der Waals surface area contributed by atoms with Gasteiger partial charge in [-0.15, -0.1) is 0 Å². The first-order valence-corrected chi connectivity index (χ1v) is 9.57. The SMILES string of the molecule is Cc1cc(C(=O)O/N=C/c2c(Cl)cccc2Cl)nn1-c1c(Cl)cc(Cl)cc1Cl. The van der Waals surface area contributed by atoms with Gasteiger partial charge in [0.25, 0.3) is 0 Å². The van der Waals surface area contributed by atoms with Crippen molar-refractivity contribution in [1.82, 2.24) is 9.78 Å². The molecule has 0 N–H and O–H groups in total. The number of hydrogen-bond donors (Lipinski definition) is 0. The standard InChI is InChI=1S/C18H10Cl5N3O2/c1-9-5-16(25-26(9)17-14(22)6-10(19)7-15(17)23)18(27)28-24-8-11-12(20)3-2-4-13(11)21/h2-8H,1H3/b24-8+. The summed E-state index contributed by atoms with van der Waals surface area (Å²) in [7, 11) is 0. The second-order valence-electron chi connectivity index (χ2n) is 5.55. The van der Waals surface area contributed by atoms with E-state index in [9.17, 15) is 4.79 Å². The summed E-state index contributed by atoms with van der Waals surface area (Å²) in [6, 6.07) is 9.54. The predicted molar refractivity (Wildman–Crippen MR) is 113 cm³/mol. The number of hydrogen-bond acceptors (Lipinski definition) is 4. The molecule has 0 atom stereocenters. The maximum Gasteiger partial charge on any atom is 0.385 e. The average Bonchev–Trinajstić information content (AvgIpc) is 2.98. The molecule has 5 nitrogen and oxygen atoms in total. The lowest BCUT2D eigenvalue weighted by atomic mass is 10.2. The first-order valence-electron chi connectivity index (χ1n) is 7.68. The summed E-state index contributed by atoms with van der Waals surface area (Å²) in [4.78, 5) is 17.1. The van der Waals surface area contributed by atoms with Gasteiger partial charge in [0.2, 0.25) is 0 Å². The van der Waals surface area contributed by atoms with Crippen molar-refractivity contribution < 1.29 is 9.63 Å². The zero-order valence-corrected chi connectivity index (χ0v) is 17.9. The maximum absolute atomic E-state index is 12.3. The number of benzene rings is 2. The van der Waals surface area contributed by atoms with Gasteiger partial charge in [0, 0.05) is 16.3 Å². The van der Waals surface area contributed by atoms with E-state index >= 15 is 0 Å². The molecule has 28 heavy (non-hydrogen) atoms. The number of oxime groups is 1. The summed E-state index contributed by atoms with van der Waals surface area (Å²) in [5.74, 6) is -0.775. The molecule has 3 aromatic rings. The number of aryl methyl sites for hydroxylation is 1. The molecule has 1 heterocycles. The summed E-state index contributed by atoms with van der Waals surface area (Å²) in [5.41, 5.74) is 1.45. The molecule has 144 valence electrons. The molecule has 10 heteroatoms. The first kappa shape index (κ1) is 21.0. The number of carbonyl (C=O) groups is 1. The fourth-order valence-corrected chi connectivity index (χ4v) is 3.82. The van der Waals surface area contributed by atoms with Crippen molar-refractivity contribution >= 4 is 70.2 Å². The Morgan fingerprint density at radius 2 is 1.64 bits per heavy atom. The van der Waals surface area contributed by atoms with Crippen LogP contribution in [0.1, 0.15) is 21.7 Å². The van der Waals surface area contributed by atoms with Gasteiger partial charge < -0.3 is 4.84 Å². The van der Waals surface area contributed by atoms with Crippen LogP contribution in [0, 0.1) is 6.92 Å². The van der Waals surface area contributed by atoms with E-state index in [-0.39, 0.29) is 15.7 Å². The van der Waals surface area contributed by atoms with Crippen LogP contribution in [-0.2, 0) is 4.84 Å². The summed E-state index contributed by atoms with van der Waals surface area (Å²) in [6.07, 6.45) is 1.25. The number of aromatic nitrogens is 2. The van der Waals surface area contributed by atoms with Crippen molar-refractivity contribution in [2.75, 3.05) is 0 Å². The van der Waals surface area contributed by atoms with E-state index in [4.69, 9.17) is 62.8 Å². The molecule has 0 aliphatic carbocycles. The summed E-state index contributed by atoms with van der Waals surface area (Å²) in [5, 5.41) is 9.54. The minimum Gasteiger partial charge on any atom is -0.311 e. The Morgan fingerprint density at radius 1 is 1.04 bits per heavy atom. The monoisotopic (exact) mass is 475 g/mol. The molecule has 0 bridgehead atoms.